The first-order valence-electron chi connectivity index (χ1n) is 7.07. The highest BCUT2D eigenvalue weighted by atomic mass is 32.2. The molecule has 0 heterocycles. The topological polar surface area (TPSA) is 55.1 Å². The first-order valence-corrected chi connectivity index (χ1v) is 8.06. The van der Waals surface area contributed by atoms with Crippen LogP contribution in [0.1, 0.15) is 32.3 Å². The Balaban J connectivity index is 2.65. The number of nitrogens with two attached hydrogens (primary N) is 1. The Hall–Kier alpha value is -1.21. The molecule has 0 unspecified atom stereocenters. The molecule has 0 fully saturated rings. The predicted molar refractivity (Wildman–Crippen MR) is 82.7 cm³/mol. The van der Waals surface area contributed by atoms with Gasteiger partial charge >= 0.3 is 6.18 Å². The van der Waals surface area contributed by atoms with Crippen LogP contribution in [0, 0.1) is 0 Å². The molecule has 0 atom stereocenters. The molecule has 0 bridgehead atoms. The van der Waals surface area contributed by atoms with Crippen LogP contribution in [0.2, 0.25) is 0 Å². The minimum absolute atomic E-state index is 0.0586. The van der Waals surface area contributed by atoms with E-state index in [1.54, 1.807) is 6.07 Å². The van der Waals surface area contributed by atoms with E-state index in [4.69, 9.17) is 5.73 Å². The first-order chi connectivity index (χ1) is 10.3. The van der Waals surface area contributed by atoms with Crippen LogP contribution < -0.4 is 11.1 Å². The number of rotatable bonds is 7. The van der Waals surface area contributed by atoms with Crippen molar-refractivity contribution >= 4 is 17.7 Å². The van der Waals surface area contributed by atoms with Crippen LogP contribution in [0.5, 0.6) is 0 Å². The summed E-state index contributed by atoms with van der Waals surface area (Å²) in [6.07, 6.45) is -2.96. The van der Waals surface area contributed by atoms with Gasteiger partial charge in [-0.3, -0.25) is 4.79 Å². The Morgan fingerprint density at radius 3 is 2.41 bits per heavy atom. The van der Waals surface area contributed by atoms with E-state index < -0.39 is 17.3 Å². The summed E-state index contributed by atoms with van der Waals surface area (Å²) in [7, 11) is 0. The van der Waals surface area contributed by atoms with Gasteiger partial charge in [-0.1, -0.05) is 19.9 Å². The van der Waals surface area contributed by atoms with Gasteiger partial charge in [-0.2, -0.15) is 13.2 Å². The molecule has 1 amide bonds. The molecule has 1 aromatic rings. The van der Waals surface area contributed by atoms with Crippen molar-refractivity contribution < 1.29 is 18.0 Å². The zero-order valence-electron chi connectivity index (χ0n) is 12.7. The summed E-state index contributed by atoms with van der Waals surface area (Å²) >= 11 is 1.08. The number of alkyl halides is 3. The van der Waals surface area contributed by atoms with E-state index in [2.05, 4.69) is 5.32 Å². The average Bonchev–Trinajstić information content (AvgIpc) is 2.50. The number of thioether (sulfide) groups is 1. The zero-order chi connectivity index (χ0) is 16.8. The van der Waals surface area contributed by atoms with Crippen molar-refractivity contribution in [3.8, 4) is 0 Å². The fourth-order valence-corrected chi connectivity index (χ4v) is 2.76. The van der Waals surface area contributed by atoms with Gasteiger partial charge < -0.3 is 11.1 Å². The minimum Gasteiger partial charge on any atom is -0.349 e. The number of benzene rings is 1. The van der Waals surface area contributed by atoms with E-state index in [0.717, 1.165) is 23.9 Å². The largest absolute Gasteiger partial charge is 0.416 e. The van der Waals surface area contributed by atoms with Gasteiger partial charge in [-0.15, -0.1) is 11.8 Å². The van der Waals surface area contributed by atoms with E-state index in [1.165, 1.54) is 6.07 Å². The molecular formula is C15H21F3N2OS. The third-order valence-corrected chi connectivity index (χ3v) is 4.67. The highest BCUT2D eigenvalue weighted by Crippen LogP contribution is 2.31. The maximum atomic E-state index is 12.6. The van der Waals surface area contributed by atoms with Gasteiger partial charge in [0.2, 0.25) is 5.91 Å². The molecule has 124 valence electrons. The highest BCUT2D eigenvalue weighted by molar-refractivity contribution is 8.00. The standard InChI is InChI=1S/C15H21F3N2OS/c1-3-14(4-2,10-19)20-13(21)9-22-12-7-5-6-11(8-12)15(16,17)18/h5-8H,3-4,9-10,19H2,1-2H3,(H,20,21). The van der Waals surface area contributed by atoms with Gasteiger partial charge in [0.05, 0.1) is 16.9 Å². The predicted octanol–water partition coefficient (Wildman–Crippen LogP) is 3.43. The van der Waals surface area contributed by atoms with Crippen LogP contribution in [-0.2, 0) is 11.0 Å². The molecule has 0 saturated heterocycles. The Bertz CT molecular complexity index is 494. The second-order valence-electron chi connectivity index (χ2n) is 5.05. The van der Waals surface area contributed by atoms with E-state index in [9.17, 15) is 18.0 Å². The van der Waals surface area contributed by atoms with Crippen molar-refractivity contribution in [3.05, 3.63) is 29.8 Å². The Morgan fingerprint density at radius 1 is 1.27 bits per heavy atom. The van der Waals surface area contributed by atoms with E-state index in [0.29, 0.717) is 24.3 Å². The molecule has 0 spiro atoms. The van der Waals surface area contributed by atoms with Gasteiger partial charge in [0.25, 0.3) is 0 Å². The number of hydrogen-bond acceptors (Lipinski definition) is 3. The summed E-state index contributed by atoms with van der Waals surface area (Å²) in [5.41, 5.74) is 4.55. The Kier molecular flexibility index (Phi) is 6.74. The summed E-state index contributed by atoms with van der Waals surface area (Å²) < 4.78 is 37.9. The fraction of sp³-hybridized carbons (Fsp3) is 0.533. The third kappa shape index (κ3) is 5.21. The number of nitrogens with one attached hydrogen (secondary N) is 1. The van der Waals surface area contributed by atoms with Crippen molar-refractivity contribution in [2.75, 3.05) is 12.3 Å². The Labute approximate surface area is 132 Å². The lowest BCUT2D eigenvalue weighted by molar-refractivity contribution is -0.137. The van der Waals surface area contributed by atoms with E-state index in [1.807, 2.05) is 13.8 Å². The third-order valence-electron chi connectivity index (χ3n) is 3.68. The minimum atomic E-state index is -4.38. The van der Waals surface area contributed by atoms with Gasteiger partial charge in [0.1, 0.15) is 0 Å². The van der Waals surface area contributed by atoms with Crippen LogP contribution in [-0.4, -0.2) is 23.7 Å². The van der Waals surface area contributed by atoms with E-state index >= 15 is 0 Å². The summed E-state index contributed by atoms with van der Waals surface area (Å²) in [4.78, 5) is 12.4. The van der Waals surface area contributed by atoms with Crippen LogP contribution in [0.25, 0.3) is 0 Å². The quantitative estimate of drug-likeness (QED) is 0.751. The lowest BCUT2D eigenvalue weighted by atomic mass is 9.93. The summed E-state index contributed by atoms with van der Waals surface area (Å²) in [5.74, 6) is -0.167. The molecule has 1 rings (SSSR count). The maximum absolute atomic E-state index is 12.6. The number of hydrogen-bond donors (Lipinski definition) is 2. The van der Waals surface area contributed by atoms with Crippen LogP contribution >= 0.6 is 11.8 Å². The van der Waals surface area contributed by atoms with Crippen molar-refractivity contribution in [2.45, 2.75) is 43.3 Å². The van der Waals surface area contributed by atoms with Gasteiger partial charge in [-0.25, -0.2) is 0 Å². The van der Waals surface area contributed by atoms with Crippen LogP contribution in [0.4, 0.5) is 13.2 Å². The molecular weight excluding hydrogens is 313 g/mol. The van der Waals surface area contributed by atoms with Gasteiger partial charge in [-0.05, 0) is 31.0 Å². The second kappa shape index (κ2) is 7.87. The molecule has 3 nitrogen and oxygen atoms in total. The number of amides is 1. The fourth-order valence-electron chi connectivity index (χ4n) is 2.01. The smallest absolute Gasteiger partial charge is 0.349 e. The molecule has 0 radical (unpaired) electrons. The molecule has 0 saturated carbocycles. The normalized spacial score (nSPS) is 12.3. The number of carbonyl (C=O) groups is 1. The van der Waals surface area contributed by atoms with Crippen molar-refractivity contribution in [1.82, 2.24) is 5.32 Å². The molecule has 0 aliphatic rings. The molecule has 3 N–H and O–H groups in total. The highest BCUT2D eigenvalue weighted by Gasteiger charge is 2.30. The molecule has 7 heteroatoms. The average molecular weight is 334 g/mol. The summed E-state index contributed by atoms with van der Waals surface area (Å²) in [5, 5.41) is 2.89. The lowest BCUT2D eigenvalue weighted by Gasteiger charge is -2.31. The SMILES string of the molecule is CCC(CC)(CN)NC(=O)CSc1cccc(C(F)(F)F)c1. The Morgan fingerprint density at radius 2 is 1.91 bits per heavy atom. The van der Waals surface area contributed by atoms with Gasteiger partial charge in [0, 0.05) is 11.4 Å². The van der Waals surface area contributed by atoms with E-state index in [-0.39, 0.29) is 11.7 Å². The molecule has 22 heavy (non-hydrogen) atoms. The lowest BCUT2D eigenvalue weighted by Crippen LogP contribution is -2.53. The first kappa shape index (κ1) is 18.8. The van der Waals surface area contributed by atoms with Crippen LogP contribution in [0.3, 0.4) is 0 Å². The number of carbonyl (C=O) groups excluding carboxylic acids is 1. The second-order valence-corrected chi connectivity index (χ2v) is 6.10. The molecule has 0 aliphatic carbocycles. The number of halogens is 3. The molecule has 1 aromatic carbocycles. The molecule has 0 aliphatic heterocycles. The maximum Gasteiger partial charge on any atom is 0.416 e. The van der Waals surface area contributed by atoms with Crippen molar-refractivity contribution in [2.24, 2.45) is 5.73 Å². The summed E-state index contributed by atoms with van der Waals surface area (Å²) in [6, 6.07) is 4.96. The van der Waals surface area contributed by atoms with Crippen LogP contribution in [0.15, 0.2) is 29.2 Å². The van der Waals surface area contributed by atoms with Crippen molar-refractivity contribution in [3.63, 3.8) is 0 Å². The zero-order valence-corrected chi connectivity index (χ0v) is 13.5. The van der Waals surface area contributed by atoms with Crippen molar-refractivity contribution in [1.29, 1.82) is 0 Å². The van der Waals surface area contributed by atoms with Gasteiger partial charge in [0.15, 0.2) is 0 Å². The summed E-state index contributed by atoms with van der Waals surface area (Å²) in [6.45, 7) is 4.22. The monoisotopic (exact) mass is 334 g/mol. The molecule has 0 aromatic heterocycles.